The van der Waals surface area contributed by atoms with Crippen molar-refractivity contribution in [2.24, 2.45) is 0 Å². The molecule has 0 spiro atoms. The van der Waals surface area contributed by atoms with Gasteiger partial charge in [-0.3, -0.25) is 4.79 Å². The number of halogens is 1. The smallest absolute Gasteiger partial charge is 0.256 e. The Labute approximate surface area is 189 Å². The van der Waals surface area contributed by atoms with Crippen molar-refractivity contribution in [3.8, 4) is 5.75 Å². The summed E-state index contributed by atoms with van der Waals surface area (Å²) < 4.78 is 5.32. The molecule has 1 aliphatic rings. The number of anilines is 2. The molecule has 0 bridgehead atoms. The molecule has 0 unspecified atom stereocenters. The van der Waals surface area contributed by atoms with Crippen molar-refractivity contribution in [2.75, 3.05) is 43.5 Å². The van der Waals surface area contributed by atoms with Gasteiger partial charge in [0.2, 0.25) is 0 Å². The van der Waals surface area contributed by atoms with Crippen LogP contribution in [-0.2, 0) is 0 Å². The second kappa shape index (κ2) is 9.06. The van der Waals surface area contributed by atoms with Crippen LogP contribution in [0.15, 0.2) is 42.7 Å². The largest absolute Gasteiger partial charge is 0.497 e. The molecule has 1 saturated heterocycles. The number of nitrogens with zero attached hydrogens (tertiary/aromatic N) is 3. The number of carbonyl (C=O) groups is 1. The Morgan fingerprint density at radius 3 is 2.58 bits per heavy atom. The second-order valence-electron chi connectivity index (χ2n) is 8.64. The number of ether oxygens (including phenoxy) is 1. The predicted octanol–water partition coefficient (Wildman–Crippen LogP) is 4.17. The van der Waals surface area contributed by atoms with Crippen molar-refractivity contribution in [3.05, 3.63) is 48.3 Å². The number of fused-ring (bicyclic) bond motifs is 1. The first kappa shape index (κ1) is 22.7. The third-order valence-corrected chi connectivity index (χ3v) is 5.28. The van der Waals surface area contributed by atoms with Gasteiger partial charge < -0.3 is 24.8 Å². The van der Waals surface area contributed by atoms with E-state index < -0.39 is 0 Å². The topological polar surface area (TPSA) is 73.5 Å². The minimum Gasteiger partial charge on any atom is -0.497 e. The number of H-pyrrole nitrogens is 1. The number of pyridine rings is 1. The van der Waals surface area contributed by atoms with Gasteiger partial charge in [-0.15, -0.1) is 12.4 Å². The van der Waals surface area contributed by atoms with Crippen LogP contribution in [-0.4, -0.2) is 59.6 Å². The van der Waals surface area contributed by atoms with Gasteiger partial charge in [0.1, 0.15) is 5.75 Å². The van der Waals surface area contributed by atoms with Gasteiger partial charge in [0.15, 0.2) is 5.82 Å². The minimum atomic E-state index is -0.0496. The molecule has 0 radical (unpaired) electrons. The fraction of sp³-hybridized carbons (Fsp3) is 0.391. The predicted molar refractivity (Wildman–Crippen MR) is 128 cm³/mol. The van der Waals surface area contributed by atoms with Gasteiger partial charge in [-0.05, 0) is 51.1 Å². The highest BCUT2D eigenvalue weighted by atomic mass is 35.5. The van der Waals surface area contributed by atoms with Crippen LogP contribution in [0.1, 0.15) is 31.1 Å². The van der Waals surface area contributed by atoms with Crippen molar-refractivity contribution in [1.29, 1.82) is 0 Å². The summed E-state index contributed by atoms with van der Waals surface area (Å²) in [4.78, 5) is 25.2. The lowest BCUT2D eigenvalue weighted by molar-refractivity contribution is 0.0748. The highest BCUT2D eigenvalue weighted by molar-refractivity contribution is 6.07. The molecule has 8 heteroatoms. The lowest BCUT2D eigenvalue weighted by atomic mass is 10.1. The number of benzene rings is 1. The molecule has 2 aromatic heterocycles. The van der Waals surface area contributed by atoms with Gasteiger partial charge in [-0.25, -0.2) is 4.98 Å². The van der Waals surface area contributed by atoms with Crippen LogP contribution < -0.4 is 15.0 Å². The van der Waals surface area contributed by atoms with Crippen LogP contribution >= 0.6 is 12.4 Å². The van der Waals surface area contributed by atoms with Crippen LogP contribution in [0, 0.1) is 0 Å². The number of hydrogen-bond donors (Lipinski definition) is 2. The van der Waals surface area contributed by atoms with Crippen molar-refractivity contribution >= 4 is 40.7 Å². The number of carbonyl (C=O) groups excluding carboxylic acids is 1. The molecule has 7 nitrogen and oxygen atoms in total. The average Bonchev–Trinajstić information content (AvgIpc) is 3.16. The molecule has 1 amide bonds. The molecule has 1 fully saturated rings. The molecule has 166 valence electrons. The van der Waals surface area contributed by atoms with Crippen LogP contribution in [0.5, 0.6) is 5.75 Å². The third kappa shape index (κ3) is 4.88. The third-order valence-electron chi connectivity index (χ3n) is 5.28. The SMILES string of the molecule is COc1ccc2[nH]cc(C(=O)N3CCN(c4ncccc4NC(C)(C)C)CC3)c2c1.Cl. The fourth-order valence-corrected chi connectivity index (χ4v) is 3.85. The Bertz CT molecular complexity index is 1050. The molecular formula is C23H30ClN5O2. The average molecular weight is 444 g/mol. The summed E-state index contributed by atoms with van der Waals surface area (Å²) in [6, 6.07) is 9.75. The van der Waals surface area contributed by atoms with E-state index in [1.807, 2.05) is 35.4 Å². The number of amides is 1. The van der Waals surface area contributed by atoms with Crippen LogP contribution in [0.25, 0.3) is 10.9 Å². The lowest BCUT2D eigenvalue weighted by Gasteiger charge is -2.37. The van der Waals surface area contributed by atoms with E-state index >= 15 is 0 Å². The summed E-state index contributed by atoms with van der Waals surface area (Å²) in [6.07, 6.45) is 3.61. The van der Waals surface area contributed by atoms with Crippen LogP contribution in [0.3, 0.4) is 0 Å². The minimum absolute atomic E-state index is 0. The summed E-state index contributed by atoms with van der Waals surface area (Å²) in [5, 5.41) is 4.43. The van der Waals surface area contributed by atoms with E-state index in [2.05, 4.69) is 47.0 Å². The first-order valence-electron chi connectivity index (χ1n) is 10.3. The maximum absolute atomic E-state index is 13.2. The molecule has 0 saturated carbocycles. The molecule has 2 N–H and O–H groups in total. The second-order valence-corrected chi connectivity index (χ2v) is 8.64. The Morgan fingerprint density at radius 1 is 1.16 bits per heavy atom. The standard InChI is InChI=1S/C23H29N5O2.ClH/c1-23(2,3)26-20-6-5-9-24-21(20)27-10-12-28(13-11-27)22(29)18-15-25-19-8-7-16(30-4)14-17(18)19;/h5-9,14-15,25-26H,10-13H2,1-4H3;1H. The van der Waals surface area contributed by atoms with Gasteiger partial charge in [0, 0.05) is 55.0 Å². The fourth-order valence-electron chi connectivity index (χ4n) is 3.85. The van der Waals surface area contributed by atoms with Gasteiger partial charge in [-0.2, -0.15) is 0 Å². The van der Waals surface area contributed by atoms with Crippen molar-refractivity contribution in [3.63, 3.8) is 0 Å². The molecule has 4 rings (SSSR count). The number of nitrogens with one attached hydrogen (secondary N) is 2. The monoisotopic (exact) mass is 443 g/mol. The van der Waals surface area contributed by atoms with Gasteiger partial charge in [0.25, 0.3) is 5.91 Å². The van der Waals surface area contributed by atoms with Crippen LogP contribution in [0.4, 0.5) is 11.5 Å². The molecule has 0 aliphatic carbocycles. The van der Waals surface area contributed by atoms with Gasteiger partial charge >= 0.3 is 0 Å². The lowest BCUT2D eigenvalue weighted by Crippen LogP contribution is -2.49. The summed E-state index contributed by atoms with van der Waals surface area (Å²) in [6.45, 7) is 9.20. The maximum atomic E-state index is 13.2. The summed E-state index contributed by atoms with van der Waals surface area (Å²) in [5.74, 6) is 1.73. The number of hydrogen-bond acceptors (Lipinski definition) is 5. The first-order valence-corrected chi connectivity index (χ1v) is 10.3. The molecule has 31 heavy (non-hydrogen) atoms. The number of piperazine rings is 1. The first-order chi connectivity index (χ1) is 14.4. The number of rotatable bonds is 4. The van der Waals surface area contributed by atoms with Gasteiger partial charge in [0.05, 0.1) is 18.4 Å². The Hall–Kier alpha value is -2.93. The van der Waals surface area contributed by atoms with E-state index in [1.54, 1.807) is 13.3 Å². The zero-order valence-electron chi connectivity index (χ0n) is 18.4. The molecule has 1 aliphatic heterocycles. The van der Waals surface area contributed by atoms with E-state index in [0.717, 1.165) is 41.2 Å². The van der Waals surface area contributed by atoms with E-state index in [0.29, 0.717) is 18.7 Å². The maximum Gasteiger partial charge on any atom is 0.256 e. The van der Waals surface area contributed by atoms with Crippen LogP contribution in [0.2, 0.25) is 0 Å². The van der Waals surface area contributed by atoms with Gasteiger partial charge in [-0.1, -0.05) is 0 Å². The molecular weight excluding hydrogens is 414 g/mol. The summed E-state index contributed by atoms with van der Waals surface area (Å²) in [5.41, 5.74) is 2.59. The molecule has 0 atom stereocenters. The number of aromatic amines is 1. The Kier molecular flexibility index (Phi) is 6.65. The molecule has 3 aromatic rings. The molecule has 1 aromatic carbocycles. The summed E-state index contributed by atoms with van der Waals surface area (Å²) in [7, 11) is 1.63. The van der Waals surface area contributed by atoms with E-state index in [4.69, 9.17) is 4.74 Å². The highest BCUT2D eigenvalue weighted by Gasteiger charge is 2.26. The zero-order chi connectivity index (χ0) is 21.3. The van der Waals surface area contributed by atoms with E-state index in [1.165, 1.54) is 0 Å². The normalized spacial score (nSPS) is 14.3. The quantitative estimate of drug-likeness (QED) is 0.633. The zero-order valence-corrected chi connectivity index (χ0v) is 19.3. The Balaban J connectivity index is 0.00000272. The summed E-state index contributed by atoms with van der Waals surface area (Å²) >= 11 is 0. The Morgan fingerprint density at radius 2 is 1.90 bits per heavy atom. The molecule has 3 heterocycles. The number of aromatic nitrogens is 2. The van der Waals surface area contributed by atoms with Crippen molar-refractivity contribution < 1.29 is 9.53 Å². The highest BCUT2D eigenvalue weighted by Crippen LogP contribution is 2.28. The van der Waals surface area contributed by atoms with Crippen molar-refractivity contribution in [1.82, 2.24) is 14.9 Å². The van der Waals surface area contributed by atoms with E-state index in [-0.39, 0.29) is 23.9 Å². The van der Waals surface area contributed by atoms with E-state index in [9.17, 15) is 4.79 Å². The van der Waals surface area contributed by atoms with Crippen molar-refractivity contribution in [2.45, 2.75) is 26.3 Å². The number of methoxy groups -OCH3 is 1.